The van der Waals surface area contributed by atoms with Crippen molar-refractivity contribution in [2.45, 2.75) is 45.7 Å². The van der Waals surface area contributed by atoms with E-state index in [0.717, 1.165) is 13.1 Å². The van der Waals surface area contributed by atoms with Gasteiger partial charge < -0.3 is 9.80 Å². The zero-order valence-corrected chi connectivity index (χ0v) is 13.4. The lowest BCUT2D eigenvalue weighted by molar-refractivity contribution is 0.307. The largest absolute Gasteiger partial charge is 0.305 e. The van der Waals surface area contributed by atoms with Crippen molar-refractivity contribution in [3.05, 3.63) is 34.4 Å². The van der Waals surface area contributed by atoms with Gasteiger partial charge in [-0.1, -0.05) is 32.9 Å². The third-order valence-electron chi connectivity index (χ3n) is 3.98. The van der Waals surface area contributed by atoms with Gasteiger partial charge in [0.05, 0.1) is 0 Å². The zero-order chi connectivity index (χ0) is 14.2. The molecule has 0 atom stereocenters. The minimum absolute atomic E-state index is 0.236. The summed E-state index contributed by atoms with van der Waals surface area (Å²) in [5.41, 5.74) is 6.36. The molecular weight excluding hydrogens is 232 g/mol. The van der Waals surface area contributed by atoms with Crippen LogP contribution in [-0.4, -0.2) is 37.5 Å². The molecule has 2 rings (SSSR count). The average Bonchev–Trinajstić information content (AvgIpc) is 2.27. The molecule has 2 heteroatoms. The first-order chi connectivity index (χ1) is 8.77. The van der Waals surface area contributed by atoms with Gasteiger partial charge in [0.2, 0.25) is 0 Å². The van der Waals surface area contributed by atoms with Gasteiger partial charge in [-0.15, -0.1) is 0 Å². The molecule has 0 aliphatic carbocycles. The second kappa shape index (κ2) is 5.26. The van der Waals surface area contributed by atoms with Gasteiger partial charge >= 0.3 is 0 Å². The first-order valence-corrected chi connectivity index (χ1v) is 7.26. The van der Waals surface area contributed by atoms with Crippen molar-refractivity contribution in [3.8, 4) is 0 Å². The van der Waals surface area contributed by atoms with E-state index in [2.05, 4.69) is 63.8 Å². The Kier molecular flexibility index (Phi) is 4.03. The van der Waals surface area contributed by atoms with Crippen molar-refractivity contribution in [2.75, 3.05) is 27.7 Å². The van der Waals surface area contributed by atoms with Gasteiger partial charge in [0.1, 0.15) is 0 Å². The fourth-order valence-corrected chi connectivity index (χ4v) is 2.80. The van der Waals surface area contributed by atoms with Crippen molar-refractivity contribution in [3.63, 3.8) is 0 Å². The van der Waals surface area contributed by atoms with E-state index >= 15 is 0 Å². The second-order valence-corrected chi connectivity index (χ2v) is 7.25. The Bertz CT molecular complexity index is 455. The number of hydrogen-bond donors (Lipinski definition) is 0. The number of rotatable bonds is 2. The molecular formula is C17H28N2. The van der Waals surface area contributed by atoms with Crippen LogP contribution >= 0.6 is 0 Å². The lowest BCUT2D eigenvalue weighted by atomic mass is 9.82. The van der Waals surface area contributed by atoms with Crippen LogP contribution in [0.5, 0.6) is 0 Å². The van der Waals surface area contributed by atoms with Crippen molar-refractivity contribution in [1.29, 1.82) is 0 Å². The summed E-state index contributed by atoms with van der Waals surface area (Å²) in [7, 11) is 6.53. The van der Waals surface area contributed by atoms with Crippen molar-refractivity contribution < 1.29 is 0 Å². The molecule has 0 N–H and O–H groups in total. The van der Waals surface area contributed by atoms with E-state index in [9.17, 15) is 0 Å². The fourth-order valence-electron chi connectivity index (χ4n) is 2.80. The molecule has 0 saturated carbocycles. The first-order valence-electron chi connectivity index (χ1n) is 7.26. The Labute approximate surface area is 118 Å². The van der Waals surface area contributed by atoms with Crippen LogP contribution in [-0.2, 0) is 24.9 Å². The summed E-state index contributed by atoms with van der Waals surface area (Å²) in [6.07, 6.45) is 1.19. The summed E-state index contributed by atoms with van der Waals surface area (Å²) in [6, 6.07) is 4.87. The molecule has 0 bridgehead atoms. The Morgan fingerprint density at radius 3 is 2.47 bits per heavy atom. The maximum absolute atomic E-state index is 2.45. The Hall–Kier alpha value is -0.860. The summed E-state index contributed by atoms with van der Waals surface area (Å²) in [4.78, 5) is 4.70. The van der Waals surface area contributed by atoms with E-state index in [4.69, 9.17) is 0 Å². The predicted molar refractivity (Wildman–Crippen MR) is 82.6 cm³/mol. The molecule has 0 radical (unpaired) electrons. The lowest BCUT2D eigenvalue weighted by Crippen LogP contribution is -2.29. The highest BCUT2D eigenvalue weighted by molar-refractivity contribution is 5.43. The summed E-state index contributed by atoms with van der Waals surface area (Å²) < 4.78 is 0. The molecule has 106 valence electrons. The normalized spacial score (nSPS) is 16.8. The van der Waals surface area contributed by atoms with Crippen LogP contribution < -0.4 is 0 Å². The van der Waals surface area contributed by atoms with Crippen LogP contribution in [0.15, 0.2) is 12.1 Å². The molecule has 0 amide bonds. The molecule has 2 nitrogen and oxygen atoms in total. The molecule has 19 heavy (non-hydrogen) atoms. The van der Waals surface area contributed by atoms with Gasteiger partial charge in [0, 0.05) is 19.6 Å². The highest BCUT2D eigenvalue weighted by Gasteiger charge is 2.22. The Balaban J connectivity index is 2.48. The van der Waals surface area contributed by atoms with Crippen molar-refractivity contribution in [2.24, 2.45) is 0 Å². The van der Waals surface area contributed by atoms with Crippen LogP contribution in [0.3, 0.4) is 0 Å². The molecule has 1 aliphatic rings. The molecule has 0 aromatic heterocycles. The molecule has 0 unspecified atom stereocenters. The molecule has 0 fully saturated rings. The SMILES string of the molecule is CN(C)Cc1cc(C(C)(C)C)cc2c1CN(C)CC2. The van der Waals surface area contributed by atoms with E-state index in [1.54, 1.807) is 11.1 Å². The van der Waals surface area contributed by atoms with Gasteiger partial charge in [0.15, 0.2) is 0 Å². The molecule has 1 heterocycles. The van der Waals surface area contributed by atoms with Gasteiger partial charge in [0.25, 0.3) is 0 Å². The van der Waals surface area contributed by atoms with E-state index in [-0.39, 0.29) is 5.41 Å². The molecule has 1 aromatic rings. The van der Waals surface area contributed by atoms with Gasteiger partial charge in [-0.3, -0.25) is 0 Å². The van der Waals surface area contributed by atoms with Gasteiger partial charge in [-0.05, 0) is 55.2 Å². The van der Waals surface area contributed by atoms with Crippen LogP contribution in [0.2, 0.25) is 0 Å². The number of fused-ring (bicyclic) bond motifs is 1. The standard InChI is InChI=1S/C17H28N2/c1-17(2,3)15-9-13-7-8-19(6)12-16(13)14(10-15)11-18(4)5/h9-10H,7-8,11-12H2,1-6H3. The van der Waals surface area contributed by atoms with E-state index in [0.29, 0.717) is 0 Å². The van der Waals surface area contributed by atoms with Crippen LogP contribution in [0.1, 0.15) is 43.0 Å². The van der Waals surface area contributed by atoms with E-state index in [1.165, 1.54) is 24.1 Å². The summed E-state index contributed by atoms with van der Waals surface area (Å²) in [5, 5.41) is 0. The second-order valence-electron chi connectivity index (χ2n) is 7.25. The van der Waals surface area contributed by atoms with Gasteiger partial charge in [-0.25, -0.2) is 0 Å². The maximum Gasteiger partial charge on any atom is 0.0236 e. The Morgan fingerprint density at radius 1 is 1.21 bits per heavy atom. The van der Waals surface area contributed by atoms with Crippen molar-refractivity contribution >= 4 is 0 Å². The minimum atomic E-state index is 0.236. The van der Waals surface area contributed by atoms with Crippen LogP contribution in [0.25, 0.3) is 0 Å². The quantitative estimate of drug-likeness (QED) is 0.806. The topological polar surface area (TPSA) is 6.48 Å². The van der Waals surface area contributed by atoms with E-state index < -0.39 is 0 Å². The Morgan fingerprint density at radius 2 is 1.89 bits per heavy atom. The number of likely N-dealkylation sites (N-methyl/N-ethyl adjacent to an activating group) is 1. The minimum Gasteiger partial charge on any atom is -0.305 e. The van der Waals surface area contributed by atoms with E-state index in [1.807, 2.05) is 0 Å². The monoisotopic (exact) mass is 260 g/mol. The smallest absolute Gasteiger partial charge is 0.0236 e. The van der Waals surface area contributed by atoms with Gasteiger partial charge in [-0.2, -0.15) is 0 Å². The number of hydrogen-bond acceptors (Lipinski definition) is 2. The predicted octanol–water partition coefficient (Wildman–Crippen LogP) is 3.03. The summed E-state index contributed by atoms with van der Waals surface area (Å²) >= 11 is 0. The fraction of sp³-hybridized carbons (Fsp3) is 0.647. The van der Waals surface area contributed by atoms with Crippen LogP contribution in [0.4, 0.5) is 0 Å². The molecule has 0 spiro atoms. The lowest BCUT2D eigenvalue weighted by Gasteiger charge is -2.31. The highest BCUT2D eigenvalue weighted by atomic mass is 15.1. The summed E-state index contributed by atoms with van der Waals surface area (Å²) in [5.74, 6) is 0. The first kappa shape index (κ1) is 14.5. The maximum atomic E-state index is 2.45. The number of benzene rings is 1. The number of nitrogens with zero attached hydrogens (tertiary/aromatic N) is 2. The third kappa shape index (κ3) is 3.37. The van der Waals surface area contributed by atoms with Crippen LogP contribution in [0, 0.1) is 0 Å². The highest BCUT2D eigenvalue weighted by Crippen LogP contribution is 2.30. The molecule has 1 aliphatic heterocycles. The molecule has 1 aromatic carbocycles. The van der Waals surface area contributed by atoms with Crippen molar-refractivity contribution in [1.82, 2.24) is 9.80 Å². The average molecular weight is 260 g/mol. The summed E-state index contributed by atoms with van der Waals surface area (Å²) in [6.45, 7) is 10.3. The zero-order valence-electron chi connectivity index (χ0n) is 13.4. The molecule has 0 saturated heterocycles. The third-order valence-corrected chi connectivity index (χ3v) is 3.98.